The molecule has 1 saturated carbocycles. The number of hydrogen-bond acceptors (Lipinski definition) is 9. The SMILES string of the molecule is Cc1cc(C(=O)NCCCN(C)C)ccc1-c1ccc(CC(NC(=O)C2CCC(CNC(=O)OC(C)(C)C)CC2)C(=O)Nc2ccc(-c3nn[nH]n3)cc2)cc1. The maximum atomic E-state index is 13.8. The molecule has 298 valence electrons. The Balaban J connectivity index is 1.23. The Morgan fingerprint density at radius 2 is 1.61 bits per heavy atom. The van der Waals surface area contributed by atoms with Crippen molar-refractivity contribution in [2.24, 2.45) is 11.8 Å². The number of aryl methyl sites for hydroxylation is 1. The highest BCUT2D eigenvalue weighted by molar-refractivity contribution is 5.98. The van der Waals surface area contributed by atoms with Crippen LogP contribution in [0.15, 0.2) is 66.7 Å². The summed E-state index contributed by atoms with van der Waals surface area (Å²) in [6, 6.07) is 19.9. The Bertz CT molecular complexity index is 1920. The summed E-state index contributed by atoms with van der Waals surface area (Å²) >= 11 is 0. The Morgan fingerprint density at radius 1 is 0.911 bits per heavy atom. The van der Waals surface area contributed by atoms with E-state index in [1.54, 1.807) is 24.3 Å². The predicted molar refractivity (Wildman–Crippen MR) is 216 cm³/mol. The maximum absolute atomic E-state index is 13.8. The second kappa shape index (κ2) is 19.3. The summed E-state index contributed by atoms with van der Waals surface area (Å²) in [6.45, 7) is 9.48. The Hall–Kier alpha value is -5.63. The number of hydrogen-bond donors (Lipinski definition) is 5. The smallest absolute Gasteiger partial charge is 0.407 e. The third-order valence-corrected chi connectivity index (χ3v) is 9.80. The molecule has 1 aliphatic carbocycles. The van der Waals surface area contributed by atoms with E-state index in [0.29, 0.717) is 43.0 Å². The van der Waals surface area contributed by atoms with Gasteiger partial charge in [0.2, 0.25) is 17.6 Å². The molecule has 4 aromatic rings. The van der Waals surface area contributed by atoms with Crippen molar-refractivity contribution in [1.82, 2.24) is 41.5 Å². The third-order valence-electron chi connectivity index (χ3n) is 9.80. The van der Waals surface area contributed by atoms with Gasteiger partial charge in [-0.05, 0) is 150 Å². The highest BCUT2D eigenvalue weighted by atomic mass is 16.6. The van der Waals surface area contributed by atoms with Gasteiger partial charge in [0.25, 0.3) is 5.91 Å². The molecule has 0 spiro atoms. The first-order valence-corrected chi connectivity index (χ1v) is 19.3. The van der Waals surface area contributed by atoms with Crippen LogP contribution >= 0.6 is 0 Å². The number of aromatic amines is 1. The number of nitrogens with zero attached hydrogens (tertiary/aromatic N) is 4. The van der Waals surface area contributed by atoms with Gasteiger partial charge in [0, 0.05) is 42.2 Å². The van der Waals surface area contributed by atoms with Crippen molar-refractivity contribution in [3.8, 4) is 22.5 Å². The zero-order valence-electron chi connectivity index (χ0n) is 33.3. The molecule has 1 aliphatic rings. The quantitative estimate of drug-likeness (QED) is 0.0973. The van der Waals surface area contributed by atoms with Crippen LogP contribution in [-0.4, -0.2) is 94.7 Å². The summed E-state index contributed by atoms with van der Waals surface area (Å²) in [5.41, 5.74) is 5.19. The fourth-order valence-electron chi connectivity index (χ4n) is 6.77. The average Bonchev–Trinajstić information content (AvgIpc) is 3.71. The summed E-state index contributed by atoms with van der Waals surface area (Å²) in [4.78, 5) is 54.5. The second-order valence-electron chi connectivity index (χ2n) is 15.8. The summed E-state index contributed by atoms with van der Waals surface area (Å²) in [5.74, 6) is -0.150. The molecule has 0 saturated heterocycles. The number of amides is 4. The first-order chi connectivity index (χ1) is 26.7. The lowest BCUT2D eigenvalue weighted by Gasteiger charge is -2.29. The topological polar surface area (TPSA) is 183 Å². The van der Waals surface area contributed by atoms with Gasteiger partial charge in [-0.15, -0.1) is 10.2 Å². The van der Waals surface area contributed by atoms with Crippen molar-refractivity contribution in [3.63, 3.8) is 0 Å². The molecule has 1 fully saturated rings. The molecular weight excluding hydrogens is 711 g/mol. The van der Waals surface area contributed by atoms with Crippen LogP contribution in [0.2, 0.25) is 0 Å². The van der Waals surface area contributed by atoms with Gasteiger partial charge >= 0.3 is 6.09 Å². The van der Waals surface area contributed by atoms with Crippen LogP contribution in [0.1, 0.15) is 74.4 Å². The van der Waals surface area contributed by atoms with Crippen molar-refractivity contribution in [3.05, 3.63) is 83.4 Å². The summed E-state index contributed by atoms with van der Waals surface area (Å²) in [5, 5.41) is 25.9. The number of ether oxygens (including phenoxy) is 1. The monoisotopic (exact) mass is 765 g/mol. The highest BCUT2D eigenvalue weighted by Crippen LogP contribution is 2.29. The van der Waals surface area contributed by atoms with E-state index in [9.17, 15) is 19.2 Å². The van der Waals surface area contributed by atoms with Crippen LogP contribution < -0.4 is 21.3 Å². The lowest BCUT2D eigenvalue weighted by molar-refractivity contribution is -0.130. The van der Waals surface area contributed by atoms with Crippen molar-refractivity contribution in [2.45, 2.75) is 77.9 Å². The molecule has 1 unspecified atom stereocenters. The first kappa shape index (κ1) is 41.5. The minimum Gasteiger partial charge on any atom is -0.444 e. The fraction of sp³-hybridized carbons (Fsp3) is 0.452. The molecule has 0 aliphatic heterocycles. The Kier molecular flexibility index (Phi) is 14.3. The average molecular weight is 766 g/mol. The molecule has 1 aromatic heterocycles. The number of tetrazole rings is 1. The molecule has 0 radical (unpaired) electrons. The van der Waals surface area contributed by atoms with Crippen molar-refractivity contribution < 1.29 is 23.9 Å². The number of carbonyl (C=O) groups excluding carboxylic acids is 4. The molecule has 1 atom stereocenters. The standard InChI is InChI=1S/C42H55N9O5/c1-27-24-33(38(52)43-22-7-23-51(5)6)18-21-35(27)30-12-8-28(9-13-30)25-36(40(54)45-34-19-16-31(17-20-34)37-47-49-50-48-37)46-39(53)32-14-10-29(11-15-32)26-44-41(55)56-42(2,3)4/h8-9,12-13,16-21,24,29,32,36H,7,10-11,14-15,22-23,25-26H2,1-6H3,(H,43,52)(H,44,55)(H,45,54)(H,46,53)(H,47,48,49,50). The van der Waals surface area contributed by atoms with Gasteiger partial charge in [0.05, 0.1) is 0 Å². The molecule has 14 heteroatoms. The van der Waals surface area contributed by atoms with Crippen molar-refractivity contribution >= 4 is 29.5 Å². The molecular formula is C42H55N9O5. The van der Waals surface area contributed by atoms with E-state index in [0.717, 1.165) is 53.6 Å². The normalized spacial score (nSPS) is 16.1. The van der Waals surface area contributed by atoms with Gasteiger partial charge < -0.3 is 30.9 Å². The number of rotatable bonds is 15. The van der Waals surface area contributed by atoms with Crippen molar-refractivity contribution in [2.75, 3.05) is 39.0 Å². The van der Waals surface area contributed by atoms with Crippen LogP contribution in [0.4, 0.5) is 10.5 Å². The minimum atomic E-state index is -0.839. The molecule has 5 rings (SSSR count). The van der Waals surface area contributed by atoms with Gasteiger partial charge in [-0.1, -0.05) is 30.3 Å². The van der Waals surface area contributed by atoms with Crippen LogP contribution in [-0.2, 0) is 20.7 Å². The van der Waals surface area contributed by atoms with Crippen LogP contribution in [0.25, 0.3) is 22.5 Å². The number of nitrogens with one attached hydrogen (secondary N) is 5. The zero-order chi connectivity index (χ0) is 40.2. The van der Waals surface area contributed by atoms with E-state index in [1.807, 2.05) is 84.3 Å². The largest absolute Gasteiger partial charge is 0.444 e. The number of carbonyl (C=O) groups is 4. The molecule has 56 heavy (non-hydrogen) atoms. The Labute approximate surface area is 328 Å². The maximum Gasteiger partial charge on any atom is 0.407 e. The summed E-state index contributed by atoms with van der Waals surface area (Å²) < 4.78 is 5.36. The molecule has 4 amide bonds. The van der Waals surface area contributed by atoms with E-state index in [1.165, 1.54) is 0 Å². The van der Waals surface area contributed by atoms with Crippen LogP contribution in [0.5, 0.6) is 0 Å². The van der Waals surface area contributed by atoms with E-state index in [4.69, 9.17) is 4.74 Å². The molecule has 14 nitrogen and oxygen atoms in total. The van der Waals surface area contributed by atoms with Gasteiger partial charge in [-0.25, -0.2) is 4.79 Å². The fourth-order valence-corrected chi connectivity index (χ4v) is 6.77. The summed E-state index contributed by atoms with van der Waals surface area (Å²) in [6.07, 6.45) is 3.58. The minimum absolute atomic E-state index is 0.0914. The van der Waals surface area contributed by atoms with E-state index in [-0.39, 0.29) is 36.0 Å². The van der Waals surface area contributed by atoms with Crippen LogP contribution in [0, 0.1) is 18.8 Å². The lowest BCUT2D eigenvalue weighted by Crippen LogP contribution is -2.48. The van der Waals surface area contributed by atoms with Gasteiger partial charge in [-0.2, -0.15) is 5.21 Å². The number of H-pyrrole nitrogens is 1. The van der Waals surface area contributed by atoms with E-state index in [2.05, 4.69) is 46.8 Å². The highest BCUT2D eigenvalue weighted by Gasteiger charge is 2.30. The van der Waals surface area contributed by atoms with E-state index < -0.39 is 17.7 Å². The number of aromatic nitrogens is 4. The number of benzene rings is 3. The second-order valence-corrected chi connectivity index (χ2v) is 15.8. The molecule has 1 heterocycles. The number of alkyl carbamates (subject to hydrolysis) is 1. The van der Waals surface area contributed by atoms with Crippen LogP contribution in [0.3, 0.4) is 0 Å². The van der Waals surface area contributed by atoms with Gasteiger partial charge in [-0.3, -0.25) is 14.4 Å². The number of anilines is 1. The predicted octanol–water partition coefficient (Wildman–Crippen LogP) is 5.52. The lowest BCUT2D eigenvalue weighted by atomic mass is 9.81. The third kappa shape index (κ3) is 12.4. The van der Waals surface area contributed by atoms with Gasteiger partial charge in [0.15, 0.2) is 0 Å². The van der Waals surface area contributed by atoms with E-state index >= 15 is 0 Å². The Morgan fingerprint density at radius 3 is 2.23 bits per heavy atom. The van der Waals surface area contributed by atoms with Gasteiger partial charge in [0.1, 0.15) is 11.6 Å². The molecule has 3 aromatic carbocycles. The molecule has 5 N–H and O–H groups in total. The summed E-state index contributed by atoms with van der Waals surface area (Å²) in [7, 11) is 4.02. The molecule has 0 bridgehead atoms. The van der Waals surface area contributed by atoms with Crippen molar-refractivity contribution in [1.29, 1.82) is 0 Å². The first-order valence-electron chi connectivity index (χ1n) is 19.3. The zero-order valence-corrected chi connectivity index (χ0v) is 33.3.